The summed E-state index contributed by atoms with van der Waals surface area (Å²) in [4.78, 5) is 13.9. The quantitative estimate of drug-likeness (QED) is 0.422. The number of halogens is 2. The monoisotopic (exact) mass is 453 g/mol. The molecule has 1 unspecified atom stereocenters. The summed E-state index contributed by atoms with van der Waals surface area (Å²) < 4.78 is 29.4. The molecule has 178 valence electrons. The van der Waals surface area contributed by atoms with E-state index >= 15 is 0 Å². The second-order valence-corrected chi connectivity index (χ2v) is 9.61. The summed E-state index contributed by atoms with van der Waals surface area (Å²) >= 11 is 0. The predicted octanol–water partition coefficient (Wildman–Crippen LogP) is 1.96. The van der Waals surface area contributed by atoms with Crippen molar-refractivity contribution in [2.24, 2.45) is 11.8 Å². The van der Waals surface area contributed by atoms with E-state index < -0.39 is 36.6 Å². The van der Waals surface area contributed by atoms with Crippen molar-refractivity contribution >= 4 is 5.91 Å². The van der Waals surface area contributed by atoms with Gasteiger partial charge in [0.05, 0.1) is 6.04 Å². The second-order valence-electron chi connectivity index (χ2n) is 9.61. The van der Waals surface area contributed by atoms with E-state index in [1.807, 2.05) is 6.07 Å². The van der Waals surface area contributed by atoms with Gasteiger partial charge >= 0.3 is 0 Å². The smallest absolute Gasteiger partial charge is 0.289 e. The van der Waals surface area contributed by atoms with Crippen LogP contribution < -0.4 is 10.6 Å². The summed E-state index contributed by atoms with van der Waals surface area (Å²) in [5, 5.41) is 35.5. The molecule has 9 heteroatoms. The van der Waals surface area contributed by atoms with Gasteiger partial charge in [0.25, 0.3) is 5.92 Å². The van der Waals surface area contributed by atoms with Crippen molar-refractivity contribution in [2.75, 3.05) is 0 Å². The zero-order valence-electron chi connectivity index (χ0n) is 18.3. The molecule has 1 saturated carbocycles. The van der Waals surface area contributed by atoms with Gasteiger partial charge in [-0.3, -0.25) is 15.0 Å². The highest BCUT2D eigenvalue weighted by Crippen LogP contribution is 2.40. The molecule has 0 radical (unpaired) electrons. The Morgan fingerprint density at radius 1 is 1.19 bits per heavy atom. The van der Waals surface area contributed by atoms with Gasteiger partial charge in [-0.1, -0.05) is 38.0 Å². The van der Waals surface area contributed by atoms with Crippen LogP contribution in [0.3, 0.4) is 0 Å². The van der Waals surface area contributed by atoms with E-state index in [-0.39, 0.29) is 12.5 Å². The molecule has 1 aliphatic carbocycles. The molecule has 4 atom stereocenters. The van der Waals surface area contributed by atoms with Crippen molar-refractivity contribution in [1.29, 1.82) is 0 Å². The molecule has 2 aliphatic heterocycles. The number of carbonyl (C=O) groups excluding carboxylic acids is 1. The minimum atomic E-state index is -3.19. The molecule has 0 aromatic heterocycles. The first-order valence-electron chi connectivity index (χ1n) is 11.5. The zero-order valence-corrected chi connectivity index (χ0v) is 18.3. The van der Waals surface area contributed by atoms with Gasteiger partial charge in [0.1, 0.15) is 12.5 Å². The minimum absolute atomic E-state index is 0.0688. The Morgan fingerprint density at radius 3 is 2.59 bits per heavy atom. The Labute approximate surface area is 186 Å². The highest BCUT2D eigenvalue weighted by Gasteiger charge is 2.47. The molecule has 0 spiro atoms. The van der Waals surface area contributed by atoms with Crippen molar-refractivity contribution in [3.05, 3.63) is 34.9 Å². The third-order valence-electron chi connectivity index (χ3n) is 7.30. The van der Waals surface area contributed by atoms with E-state index in [1.54, 1.807) is 17.0 Å². The lowest BCUT2D eigenvalue weighted by atomic mass is 9.79. The fourth-order valence-electron chi connectivity index (χ4n) is 5.21. The maximum atomic E-state index is 14.7. The van der Waals surface area contributed by atoms with Gasteiger partial charge in [-0.2, -0.15) is 0 Å². The van der Waals surface area contributed by atoms with Gasteiger partial charge < -0.3 is 20.6 Å². The maximum Gasteiger partial charge on any atom is 0.289 e. The molecule has 1 aromatic carbocycles. The number of piperidine rings is 1. The van der Waals surface area contributed by atoms with Crippen LogP contribution in [0.25, 0.3) is 0 Å². The lowest BCUT2D eigenvalue weighted by Crippen LogP contribution is -2.53. The molecule has 4 rings (SSSR count). The largest absolute Gasteiger partial charge is 0.374 e. The number of amides is 1. The molecule has 2 heterocycles. The molecule has 5 N–H and O–H groups in total. The average molecular weight is 454 g/mol. The van der Waals surface area contributed by atoms with Crippen LogP contribution in [0.1, 0.15) is 68.4 Å². The number of aliphatic hydroxyl groups excluding tert-OH is 3. The Morgan fingerprint density at radius 2 is 1.91 bits per heavy atom. The van der Waals surface area contributed by atoms with Crippen molar-refractivity contribution < 1.29 is 28.9 Å². The molecule has 3 aliphatic rings. The molecule has 1 saturated heterocycles. The predicted molar refractivity (Wildman–Crippen MR) is 113 cm³/mol. The standard InChI is InChI=1S/C23H33F2N3O4/c1-13-2-5-16(6-3-13)23(24,25)22(32)26-11-14-4-7-17-15(10-14)12-28(21(17)31)18-8-9-19(29)27-20(18)30/h4,7,10,13,16,18-19,21-22,26,29,31-32H,2-3,5-6,8-9,11-12H2,1H3,(H,27,30)/t13?,16?,18?,19-,21-,22-/m0/s1. The van der Waals surface area contributed by atoms with Crippen LogP contribution in [0.2, 0.25) is 0 Å². The van der Waals surface area contributed by atoms with Crippen LogP contribution in [0.15, 0.2) is 18.2 Å². The number of hydrogen-bond acceptors (Lipinski definition) is 6. The van der Waals surface area contributed by atoms with E-state index in [9.17, 15) is 28.9 Å². The number of carbonyl (C=O) groups is 1. The Balaban J connectivity index is 1.37. The van der Waals surface area contributed by atoms with Gasteiger partial charge in [-0.25, -0.2) is 8.78 Å². The Kier molecular flexibility index (Phi) is 6.84. The maximum absolute atomic E-state index is 14.7. The third kappa shape index (κ3) is 4.68. The van der Waals surface area contributed by atoms with Crippen LogP contribution in [0, 0.1) is 11.8 Å². The Hall–Kier alpha value is -1.65. The molecular weight excluding hydrogens is 420 g/mol. The molecule has 2 fully saturated rings. The van der Waals surface area contributed by atoms with Crippen molar-refractivity contribution in [2.45, 2.75) is 89.2 Å². The first kappa shape index (κ1) is 23.5. The SMILES string of the molecule is CC1CCC(C(F)(F)[C@H](O)NCc2ccc3c(c2)CN(C2CC[C@H](O)NC2=O)[C@H]3O)CC1. The van der Waals surface area contributed by atoms with Crippen molar-refractivity contribution in [1.82, 2.24) is 15.5 Å². The summed E-state index contributed by atoms with van der Waals surface area (Å²) in [6.07, 6.45) is -0.514. The van der Waals surface area contributed by atoms with Crippen LogP contribution in [0.4, 0.5) is 8.78 Å². The number of rotatable bonds is 6. The first-order chi connectivity index (χ1) is 15.2. The lowest BCUT2D eigenvalue weighted by molar-refractivity contribution is -0.168. The van der Waals surface area contributed by atoms with E-state index in [2.05, 4.69) is 17.6 Å². The summed E-state index contributed by atoms with van der Waals surface area (Å²) in [6.45, 7) is 2.48. The van der Waals surface area contributed by atoms with Gasteiger partial charge in [0, 0.05) is 19.0 Å². The summed E-state index contributed by atoms with van der Waals surface area (Å²) in [5.74, 6) is -3.87. The van der Waals surface area contributed by atoms with E-state index in [0.717, 1.165) is 18.4 Å². The second kappa shape index (κ2) is 9.30. The zero-order chi connectivity index (χ0) is 23.0. The molecule has 1 aromatic rings. The molecular formula is C23H33F2N3O4. The normalized spacial score (nSPS) is 32.4. The fourth-order valence-corrected chi connectivity index (χ4v) is 5.21. The van der Waals surface area contributed by atoms with Crippen molar-refractivity contribution in [3.63, 3.8) is 0 Å². The third-order valence-corrected chi connectivity index (χ3v) is 7.30. The fraction of sp³-hybridized carbons (Fsp3) is 0.696. The van der Waals surface area contributed by atoms with Gasteiger partial charge in [0.15, 0.2) is 6.23 Å². The number of fused-ring (bicyclic) bond motifs is 1. The number of nitrogens with one attached hydrogen (secondary N) is 2. The molecule has 7 nitrogen and oxygen atoms in total. The first-order valence-corrected chi connectivity index (χ1v) is 11.5. The summed E-state index contributed by atoms with van der Waals surface area (Å²) in [6, 6.07) is 4.74. The Bertz CT molecular complexity index is 831. The van der Waals surface area contributed by atoms with Crippen LogP contribution in [-0.4, -0.2) is 50.5 Å². The number of aliphatic hydroxyl groups is 3. The lowest BCUT2D eigenvalue weighted by Gasteiger charge is -2.35. The van der Waals surface area contributed by atoms with Crippen LogP contribution >= 0.6 is 0 Å². The summed E-state index contributed by atoms with van der Waals surface area (Å²) in [5.41, 5.74) is 2.21. The van der Waals surface area contributed by atoms with E-state index in [4.69, 9.17) is 0 Å². The highest BCUT2D eigenvalue weighted by atomic mass is 19.3. The van der Waals surface area contributed by atoms with Gasteiger partial charge in [0.2, 0.25) is 5.91 Å². The molecule has 1 amide bonds. The number of nitrogens with zero attached hydrogens (tertiary/aromatic N) is 1. The average Bonchev–Trinajstić information content (AvgIpc) is 3.08. The minimum Gasteiger partial charge on any atom is -0.374 e. The van der Waals surface area contributed by atoms with E-state index in [0.29, 0.717) is 49.3 Å². The highest BCUT2D eigenvalue weighted by molar-refractivity contribution is 5.82. The molecule has 32 heavy (non-hydrogen) atoms. The topological polar surface area (TPSA) is 105 Å². The number of benzene rings is 1. The van der Waals surface area contributed by atoms with Crippen molar-refractivity contribution in [3.8, 4) is 0 Å². The number of hydrogen-bond donors (Lipinski definition) is 5. The van der Waals surface area contributed by atoms with Gasteiger partial charge in [-0.15, -0.1) is 0 Å². The number of alkyl halides is 2. The van der Waals surface area contributed by atoms with E-state index in [1.165, 1.54) is 0 Å². The molecule has 0 bridgehead atoms. The van der Waals surface area contributed by atoms with Gasteiger partial charge in [-0.05, 0) is 48.3 Å². The van der Waals surface area contributed by atoms with Crippen LogP contribution in [-0.2, 0) is 17.9 Å². The summed E-state index contributed by atoms with van der Waals surface area (Å²) in [7, 11) is 0. The van der Waals surface area contributed by atoms with Crippen LogP contribution in [0.5, 0.6) is 0 Å².